The maximum absolute atomic E-state index is 10.6. The second-order valence-corrected chi connectivity index (χ2v) is 4.56. The topological polar surface area (TPSA) is 66.7 Å². The standard InChI is InChI=1S/C13H17N3O3/c17-11-1-6-14-7-9-15(10-8-14)12-2-4-13(5-3-12)16(18)19/h2-5,11H,1,6-10H2. The van der Waals surface area contributed by atoms with Crippen LogP contribution in [0.2, 0.25) is 0 Å². The molecule has 0 spiro atoms. The average Bonchev–Trinajstić information content (AvgIpc) is 2.46. The van der Waals surface area contributed by atoms with Gasteiger partial charge in [0, 0.05) is 57.0 Å². The second kappa shape index (κ2) is 6.29. The summed E-state index contributed by atoms with van der Waals surface area (Å²) in [6.45, 7) is 4.43. The quantitative estimate of drug-likeness (QED) is 0.455. The highest BCUT2D eigenvalue weighted by Gasteiger charge is 2.17. The van der Waals surface area contributed by atoms with Gasteiger partial charge < -0.3 is 9.69 Å². The number of nitro benzene ring substituents is 1. The van der Waals surface area contributed by atoms with Crippen molar-refractivity contribution in [2.45, 2.75) is 6.42 Å². The van der Waals surface area contributed by atoms with Crippen molar-refractivity contribution in [1.29, 1.82) is 0 Å². The van der Waals surface area contributed by atoms with Gasteiger partial charge in [-0.05, 0) is 12.1 Å². The Labute approximate surface area is 111 Å². The monoisotopic (exact) mass is 263 g/mol. The third kappa shape index (κ3) is 3.51. The molecule has 1 heterocycles. The Morgan fingerprint density at radius 1 is 1.16 bits per heavy atom. The van der Waals surface area contributed by atoms with Crippen molar-refractivity contribution in [2.75, 3.05) is 37.6 Å². The molecule has 102 valence electrons. The number of carbonyl (C=O) groups is 1. The first kappa shape index (κ1) is 13.5. The van der Waals surface area contributed by atoms with Gasteiger partial charge in [0.05, 0.1) is 4.92 Å². The SMILES string of the molecule is O=CCCN1CCN(c2ccc([N+](=O)[O-])cc2)CC1. The van der Waals surface area contributed by atoms with E-state index in [0.717, 1.165) is 44.7 Å². The van der Waals surface area contributed by atoms with Crippen molar-refractivity contribution < 1.29 is 9.72 Å². The van der Waals surface area contributed by atoms with Crippen molar-refractivity contribution in [1.82, 2.24) is 4.90 Å². The van der Waals surface area contributed by atoms with Crippen LogP contribution in [0.15, 0.2) is 24.3 Å². The molecule has 0 bridgehead atoms. The average molecular weight is 263 g/mol. The minimum atomic E-state index is -0.388. The van der Waals surface area contributed by atoms with Crippen molar-refractivity contribution in [3.05, 3.63) is 34.4 Å². The predicted molar refractivity (Wildman–Crippen MR) is 72.4 cm³/mol. The summed E-state index contributed by atoms with van der Waals surface area (Å²) in [6.07, 6.45) is 1.53. The third-order valence-electron chi connectivity index (χ3n) is 3.36. The molecular weight excluding hydrogens is 246 g/mol. The van der Waals surface area contributed by atoms with Crippen LogP contribution >= 0.6 is 0 Å². The van der Waals surface area contributed by atoms with Gasteiger partial charge in [0.2, 0.25) is 0 Å². The molecule has 0 amide bonds. The van der Waals surface area contributed by atoms with E-state index >= 15 is 0 Å². The van der Waals surface area contributed by atoms with Gasteiger partial charge in [-0.1, -0.05) is 0 Å². The maximum Gasteiger partial charge on any atom is 0.269 e. The van der Waals surface area contributed by atoms with Gasteiger partial charge in [0.1, 0.15) is 6.29 Å². The van der Waals surface area contributed by atoms with Crippen LogP contribution < -0.4 is 4.90 Å². The maximum atomic E-state index is 10.6. The van der Waals surface area contributed by atoms with E-state index in [0.29, 0.717) is 6.42 Å². The summed E-state index contributed by atoms with van der Waals surface area (Å²) in [6, 6.07) is 6.65. The Bertz CT molecular complexity index is 439. The van der Waals surface area contributed by atoms with Crippen LogP contribution in [0, 0.1) is 10.1 Å². The van der Waals surface area contributed by atoms with E-state index in [1.165, 1.54) is 12.1 Å². The fourth-order valence-electron chi connectivity index (χ4n) is 2.25. The molecule has 19 heavy (non-hydrogen) atoms. The van der Waals surface area contributed by atoms with Crippen molar-refractivity contribution in [2.24, 2.45) is 0 Å². The highest BCUT2D eigenvalue weighted by atomic mass is 16.6. The zero-order chi connectivity index (χ0) is 13.7. The number of carbonyl (C=O) groups excluding carboxylic acids is 1. The van der Waals surface area contributed by atoms with Crippen LogP contribution in [0.4, 0.5) is 11.4 Å². The summed E-state index contributed by atoms with van der Waals surface area (Å²) in [5.41, 5.74) is 1.13. The predicted octanol–water partition coefficient (Wildman–Crippen LogP) is 1.31. The lowest BCUT2D eigenvalue weighted by atomic mass is 10.2. The van der Waals surface area contributed by atoms with E-state index in [1.807, 2.05) is 0 Å². The number of hydrogen-bond acceptors (Lipinski definition) is 5. The Morgan fingerprint density at radius 2 is 1.79 bits per heavy atom. The summed E-state index contributed by atoms with van der Waals surface area (Å²) < 4.78 is 0. The van der Waals surface area contributed by atoms with Crippen LogP contribution in [0.3, 0.4) is 0 Å². The van der Waals surface area contributed by atoms with Crippen LogP contribution in [-0.4, -0.2) is 48.8 Å². The molecule has 0 radical (unpaired) electrons. The number of piperazine rings is 1. The Balaban J connectivity index is 1.90. The molecule has 0 aromatic heterocycles. The first-order valence-corrected chi connectivity index (χ1v) is 6.36. The molecule has 6 nitrogen and oxygen atoms in total. The number of nitrogens with zero attached hydrogens (tertiary/aromatic N) is 3. The number of benzene rings is 1. The van der Waals surface area contributed by atoms with Gasteiger partial charge in [0.15, 0.2) is 0 Å². The molecule has 1 saturated heterocycles. The number of aldehydes is 1. The molecular formula is C13H17N3O3. The van der Waals surface area contributed by atoms with Gasteiger partial charge in [-0.2, -0.15) is 0 Å². The van der Waals surface area contributed by atoms with Gasteiger partial charge in [-0.25, -0.2) is 0 Å². The molecule has 1 aliphatic rings. The van der Waals surface area contributed by atoms with Gasteiger partial charge in [0.25, 0.3) is 5.69 Å². The minimum absolute atomic E-state index is 0.119. The highest BCUT2D eigenvalue weighted by Crippen LogP contribution is 2.20. The van der Waals surface area contributed by atoms with Crippen molar-refractivity contribution in [3.63, 3.8) is 0 Å². The summed E-state index contributed by atoms with van der Waals surface area (Å²) in [4.78, 5) is 25.0. The van der Waals surface area contributed by atoms with Crippen LogP contribution in [-0.2, 0) is 4.79 Å². The fraction of sp³-hybridized carbons (Fsp3) is 0.462. The highest BCUT2D eigenvalue weighted by molar-refractivity contribution is 5.51. The molecule has 6 heteroatoms. The normalized spacial score (nSPS) is 16.3. The largest absolute Gasteiger partial charge is 0.369 e. The Morgan fingerprint density at radius 3 is 2.32 bits per heavy atom. The number of non-ortho nitro benzene ring substituents is 1. The zero-order valence-corrected chi connectivity index (χ0v) is 10.7. The Kier molecular flexibility index (Phi) is 4.46. The number of nitro groups is 1. The van der Waals surface area contributed by atoms with E-state index < -0.39 is 0 Å². The molecule has 0 aliphatic carbocycles. The number of anilines is 1. The summed E-state index contributed by atoms with van der Waals surface area (Å²) in [7, 11) is 0. The molecule has 1 aromatic rings. The zero-order valence-electron chi connectivity index (χ0n) is 10.7. The van der Waals surface area contributed by atoms with Crippen LogP contribution in [0.5, 0.6) is 0 Å². The number of rotatable bonds is 5. The van der Waals surface area contributed by atoms with Crippen LogP contribution in [0.1, 0.15) is 6.42 Å². The third-order valence-corrected chi connectivity index (χ3v) is 3.36. The minimum Gasteiger partial charge on any atom is -0.369 e. The molecule has 1 aromatic carbocycles. The van der Waals surface area contributed by atoms with E-state index in [9.17, 15) is 14.9 Å². The van der Waals surface area contributed by atoms with E-state index in [-0.39, 0.29) is 10.6 Å². The molecule has 1 fully saturated rings. The van der Waals surface area contributed by atoms with E-state index in [4.69, 9.17) is 0 Å². The molecule has 0 N–H and O–H groups in total. The second-order valence-electron chi connectivity index (χ2n) is 4.56. The van der Waals surface area contributed by atoms with E-state index in [1.54, 1.807) is 12.1 Å². The van der Waals surface area contributed by atoms with Crippen molar-refractivity contribution in [3.8, 4) is 0 Å². The smallest absolute Gasteiger partial charge is 0.269 e. The molecule has 1 aliphatic heterocycles. The van der Waals surface area contributed by atoms with Crippen LogP contribution in [0.25, 0.3) is 0 Å². The lowest BCUT2D eigenvalue weighted by Crippen LogP contribution is -2.46. The molecule has 0 unspecified atom stereocenters. The summed E-state index contributed by atoms with van der Waals surface area (Å²) in [5.74, 6) is 0. The molecule has 0 saturated carbocycles. The lowest BCUT2D eigenvalue weighted by molar-refractivity contribution is -0.384. The first-order valence-electron chi connectivity index (χ1n) is 6.36. The van der Waals surface area contributed by atoms with Gasteiger partial charge >= 0.3 is 0 Å². The summed E-state index contributed by atoms with van der Waals surface area (Å²) >= 11 is 0. The number of hydrogen-bond donors (Lipinski definition) is 0. The van der Waals surface area contributed by atoms with Gasteiger partial charge in [-0.3, -0.25) is 15.0 Å². The fourth-order valence-corrected chi connectivity index (χ4v) is 2.25. The van der Waals surface area contributed by atoms with Gasteiger partial charge in [-0.15, -0.1) is 0 Å². The van der Waals surface area contributed by atoms with Crippen molar-refractivity contribution >= 4 is 17.7 Å². The lowest BCUT2D eigenvalue weighted by Gasteiger charge is -2.35. The molecule has 2 rings (SSSR count). The summed E-state index contributed by atoms with van der Waals surface area (Å²) in [5, 5.41) is 10.6. The first-order chi connectivity index (χ1) is 9.20. The molecule has 0 atom stereocenters. The Hall–Kier alpha value is -1.95. The van der Waals surface area contributed by atoms with E-state index in [2.05, 4.69) is 9.80 Å².